The topological polar surface area (TPSA) is 37.0 Å². The summed E-state index contributed by atoms with van der Waals surface area (Å²) in [4.78, 5) is 3.83. The van der Waals surface area contributed by atoms with E-state index in [0.29, 0.717) is 6.54 Å². The predicted molar refractivity (Wildman–Crippen MR) is 78.6 cm³/mol. The summed E-state index contributed by atoms with van der Waals surface area (Å²) in [6, 6.07) is 10.3. The van der Waals surface area contributed by atoms with Crippen LogP contribution in [0.3, 0.4) is 0 Å². The van der Waals surface area contributed by atoms with E-state index in [1.807, 2.05) is 18.2 Å². The Balaban J connectivity index is 1.77. The fourth-order valence-corrected chi connectivity index (χ4v) is 2.75. The Kier molecular flexibility index (Phi) is 4.02. The monoisotopic (exact) mass is 307 g/mol. The normalized spacial score (nSPS) is 17.9. The summed E-state index contributed by atoms with van der Waals surface area (Å²) in [5.74, 6) is -0.125. The largest absolute Gasteiger partial charge is 0.419 e. The van der Waals surface area contributed by atoms with Crippen molar-refractivity contribution in [3.8, 4) is 0 Å². The lowest BCUT2D eigenvalue weighted by Crippen LogP contribution is -2.34. The summed E-state index contributed by atoms with van der Waals surface area (Å²) in [5, 5.41) is 6.17. The second-order valence-corrected chi connectivity index (χ2v) is 5.23. The van der Waals surface area contributed by atoms with Gasteiger partial charge in [0.2, 0.25) is 0 Å². The van der Waals surface area contributed by atoms with Crippen molar-refractivity contribution >= 4 is 5.82 Å². The standard InChI is InChI=1S/C16H16F3N3/c17-16(18,19)13-6-3-8-21-15(13)22-10-14-12-5-2-1-4-11(12)7-9-20-14/h1-6,8,14,20H,7,9-10H2,(H,21,22). The van der Waals surface area contributed by atoms with Crippen LogP contribution in [0.2, 0.25) is 0 Å². The number of pyridine rings is 1. The molecule has 1 unspecified atom stereocenters. The van der Waals surface area contributed by atoms with Crippen LogP contribution in [0.1, 0.15) is 22.7 Å². The molecule has 1 aromatic carbocycles. The van der Waals surface area contributed by atoms with Gasteiger partial charge in [0.15, 0.2) is 0 Å². The van der Waals surface area contributed by atoms with E-state index in [-0.39, 0.29) is 11.9 Å². The SMILES string of the molecule is FC(F)(F)c1cccnc1NCC1NCCc2ccccc21. The quantitative estimate of drug-likeness (QED) is 0.912. The van der Waals surface area contributed by atoms with Gasteiger partial charge in [0.1, 0.15) is 5.82 Å². The Morgan fingerprint density at radius 2 is 2.00 bits per heavy atom. The molecule has 116 valence electrons. The fraction of sp³-hybridized carbons (Fsp3) is 0.312. The molecule has 1 atom stereocenters. The second kappa shape index (κ2) is 5.96. The first-order chi connectivity index (χ1) is 10.6. The van der Waals surface area contributed by atoms with Gasteiger partial charge in [-0.1, -0.05) is 24.3 Å². The van der Waals surface area contributed by atoms with Gasteiger partial charge in [0.25, 0.3) is 0 Å². The third kappa shape index (κ3) is 3.06. The molecule has 0 spiro atoms. The third-order valence-corrected chi connectivity index (χ3v) is 3.80. The van der Waals surface area contributed by atoms with Gasteiger partial charge in [-0.15, -0.1) is 0 Å². The van der Waals surface area contributed by atoms with Crippen LogP contribution in [-0.2, 0) is 12.6 Å². The molecule has 0 amide bonds. The van der Waals surface area contributed by atoms with E-state index >= 15 is 0 Å². The van der Waals surface area contributed by atoms with Crippen LogP contribution in [-0.4, -0.2) is 18.1 Å². The number of fused-ring (bicyclic) bond motifs is 1. The minimum atomic E-state index is -4.41. The van der Waals surface area contributed by atoms with Gasteiger partial charge in [-0.05, 0) is 36.2 Å². The molecule has 0 radical (unpaired) electrons. The number of nitrogens with one attached hydrogen (secondary N) is 2. The first-order valence-corrected chi connectivity index (χ1v) is 7.13. The molecular formula is C16H16F3N3. The number of benzene rings is 1. The highest BCUT2D eigenvalue weighted by molar-refractivity contribution is 5.46. The van der Waals surface area contributed by atoms with Gasteiger partial charge >= 0.3 is 6.18 Å². The van der Waals surface area contributed by atoms with Gasteiger partial charge in [-0.3, -0.25) is 0 Å². The zero-order chi connectivity index (χ0) is 15.6. The molecule has 1 aliphatic heterocycles. The lowest BCUT2D eigenvalue weighted by atomic mass is 9.94. The Morgan fingerprint density at radius 1 is 1.18 bits per heavy atom. The molecule has 6 heteroatoms. The molecule has 3 nitrogen and oxygen atoms in total. The maximum absolute atomic E-state index is 13.0. The number of anilines is 1. The van der Waals surface area contributed by atoms with Crippen LogP contribution in [0.4, 0.5) is 19.0 Å². The number of alkyl halides is 3. The highest BCUT2D eigenvalue weighted by Crippen LogP contribution is 2.33. The smallest absolute Gasteiger partial charge is 0.368 e. The predicted octanol–water partition coefficient (Wildman–Crippen LogP) is 3.40. The van der Waals surface area contributed by atoms with E-state index in [4.69, 9.17) is 0 Å². The highest BCUT2D eigenvalue weighted by Gasteiger charge is 2.34. The van der Waals surface area contributed by atoms with Crippen molar-refractivity contribution < 1.29 is 13.2 Å². The van der Waals surface area contributed by atoms with Crippen molar-refractivity contribution in [2.24, 2.45) is 0 Å². The van der Waals surface area contributed by atoms with Gasteiger partial charge in [0, 0.05) is 18.8 Å². The van der Waals surface area contributed by atoms with Gasteiger partial charge in [-0.2, -0.15) is 13.2 Å². The molecule has 0 saturated carbocycles. The molecule has 3 rings (SSSR count). The maximum atomic E-state index is 13.0. The number of hydrogen-bond donors (Lipinski definition) is 2. The summed E-state index contributed by atoms with van der Waals surface area (Å²) in [6.45, 7) is 1.18. The molecule has 1 aromatic heterocycles. The third-order valence-electron chi connectivity index (χ3n) is 3.80. The number of nitrogens with zero attached hydrogens (tertiary/aromatic N) is 1. The van der Waals surface area contributed by atoms with E-state index in [1.54, 1.807) is 0 Å². The Morgan fingerprint density at radius 3 is 2.82 bits per heavy atom. The van der Waals surface area contributed by atoms with Crippen LogP contribution >= 0.6 is 0 Å². The summed E-state index contributed by atoms with van der Waals surface area (Å²) in [7, 11) is 0. The van der Waals surface area contributed by atoms with Crippen LogP contribution in [0.15, 0.2) is 42.6 Å². The average Bonchev–Trinajstić information content (AvgIpc) is 2.52. The zero-order valence-corrected chi connectivity index (χ0v) is 11.8. The first kappa shape index (κ1) is 14.8. The van der Waals surface area contributed by atoms with Crippen LogP contribution in [0.25, 0.3) is 0 Å². The minimum absolute atomic E-state index is 0.0203. The molecule has 2 heterocycles. The second-order valence-electron chi connectivity index (χ2n) is 5.23. The van der Waals surface area contributed by atoms with Crippen LogP contribution in [0, 0.1) is 0 Å². The van der Waals surface area contributed by atoms with Crippen molar-refractivity contribution in [1.29, 1.82) is 0 Å². The zero-order valence-electron chi connectivity index (χ0n) is 11.8. The Bertz CT molecular complexity index is 655. The van der Waals surface area contributed by atoms with Crippen LogP contribution in [0.5, 0.6) is 0 Å². The van der Waals surface area contributed by atoms with E-state index in [0.717, 1.165) is 24.6 Å². The fourth-order valence-electron chi connectivity index (χ4n) is 2.75. The lowest BCUT2D eigenvalue weighted by Gasteiger charge is -2.27. The van der Waals surface area contributed by atoms with E-state index in [9.17, 15) is 13.2 Å². The van der Waals surface area contributed by atoms with Gasteiger partial charge in [-0.25, -0.2) is 4.98 Å². The van der Waals surface area contributed by atoms with Crippen LogP contribution < -0.4 is 10.6 Å². The molecule has 0 fully saturated rings. The molecule has 0 bridgehead atoms. The average molecular weight is 307 g/mol. The number of rotatable bonds is 3. The molecular weight excluding hydrogens is 291 g/mol. The lowest BCUT2D eigenvalue weighted by molar-refractivity contribution is -0.137. The summed E-state index contributed by atoms with van der Waals surface area (Å²) >= 11 is 0. The summed E-state index contributed by atoms with van der Waals surface area (Å²) < 4.78 is 38.9. The van der Waals surface area contributed by atoms with Crippen molar-refractivity contribution in [2.75, 3.05) is 18.4 Å². The molecule has 1 aliphatic rings. The summed E-state index contributed by atoms with van der Waals surface area (Å²) in [5.41, 5.74) is 1.63. The Labute approximate surface area is 126 Å². The molecule has 22 heavy (non-hydrogen) atoms. The van der Waals surface area contributed by atoms with Gasteiger partial charge < -0.3 is 10.6 Å². The van der Waals surface area contributed by atoms with Gasteiger partial charge in [0.05, 0.1) is 5.56 Å². The van der Waals surface area contributed by atoms with Crippen molar-refractivity contribution in [2.45, 2.75) is 18.6 Å². The van der Waals surface area contributed by atoms with E-state index in [1.165, 1.54) is 17.8 Å². The summed E-state index contributed by atoms with van der Waals surface area (Å²) in [6.07, 6.45) is -2.11. The number of aromatic nitrogens is 1. The number of hydrogen-bond acceptors (Lipinski definition) is 3. The minimum Gasteiger partial charge on any atom is -0.368 e. The van der Waals surface area contributed by atoms with Crippen molar-refractivity contribution in [1.82, 2.24) is 10.3 Å². The maximum Gasteiger partial charge on any atom is 0.419 e. The van der Waals surface area contributed by atoms with E-state index in [2.05, 4.69) is 21.7 Å². The molecule has 0 saturated heterocycles. The molecule has 0 aliphatic carbocycles. The van der Waals surface area contributed by atoms with E-state index < -0.39 is 11.7 Å². The molecule has 2 aromatic rings. The number of halogens is 3. The first-order valence-electron chi connectivity index (χ1n) is 7.13. The molecule has 2 N–H and O–H groups in total. The van der Waals surface area contributed by atoms with Crippen molar-refractivity contribution in [3.05, 3.63) is 59.3 Å². The Hall–Kier alpha value is -2.08. The highest BCUT2D eigenvalue weighted by atomic mass is 19.4. The van der Waals surface area contributed by atoms with Crippen molar-refractivity contribution in [3.63, 3.8) is 0 Å².